The smallest absolute Gasteiger partial charge is 0.235 e. The van der Waals surface area contributed by atoms with Crippen LogP contribution >= 0.6 is 0 Å². The predicted molar refractivity (Wildman–Crippen MR) is 81.1 cm³/mol. The molecule has 1 atom stereocenters. The number of hydrogen-bond donors (Lipinski definition) is 2. The zero-order chi connectivity index (χ0) is 15.3. The Balaban J connectivity index is 1.60. The number of nitrogens with one attached hydrogen (secondary N) is 2. The van der Waals surface area contributed by atoms with Gasteiger partial charge in [0.05, 0.1) is 12.8 Å². The fraction of sp³-hybridized carbons (Fsp3) is 0.933. The molecule has 0 aliphatic heterocycles. The fourth-order valence-corrected chi connectivity index (χ4v) is 5.74. The SMILES string of the molecule is CC(NC(=O)CNS(C)(=O)=O)C12CC3CC(CC(C3)C1)C2. The van der Waals surface area contributed by atoms with Gasteiger partial charge >= 0.3 is 0 Å². The number of rotatable bonds is 5. The second kappa shape index (κ2) is 5.23. The molecule has 0 spiro atoms. The molecule has 120 valence electrons. The number of carbonyl (C=O) groups excluding carboxylic acids is 1. The van der Waals surface area contributed by atoms with Crippen LogP contribution in [0.2, 0.25) is 0 Å². The van der Waals surface area contributed by atoms with Crippen molar-refractivity contribution >= 4 is 15.9 Å². The van der Waals surface area contributed by atoms with Gasteiger partial charge in [-0.05, 0) is 68.6 Å². The first-order chi connectivity index (χ1) is 9.76. The minimum absolute atomic E-state index is 0.139. The Hall–Kier alpha value is -0.620. The number of carbonyl (C=O) groups is 1. The molecule has 0 radical (unpaired) electrons. The molecule has 4 aliphatic carbocycles. The van der Waals surface area contributed by atoms with E-state index in [4.69, 9.17) is 0 Å². The van der Waals surface area contributed by atoms with E-state index in [1.165, 1.54) is 38.5 Å². The van der Waals surface area contributed by atoms with Crippen molar-refractivity contribution in [2.75, 3.05) is 12.8 Å². The van der Waals surface area contributed by atoms with Gasteiger partial charge in [-0.2, -0.15) is 0 Å². The lowest BCUT2D eigenvalue weighted by atomic mass is 9.48. The van der Waals surface area contributed by atoms with Gasteiger partial charge in [0.2, 0.25) is 15.9 Å². The molecule has 4 saturated carbocycles. The summed E-state index contributed by atoms with van der Waals surface area (Å²) in [7, 11) is -3.31. The Morgan fingerprint density at radius 2 is 1.62 bits per heavy atom. The summed E-state index contributed by atoms with van der Waals surface area (Å²) < 4.78 is 24.4. The van der Waals surface area contributed by atoms with E-state index in [0.717, 1.165) is 24.0 Å². The van der Waals surface area contributed by atoms with Crippen LogP contribution in [0.25, 0.3) is 0 Å². The molecule has 0 aromatic rings. The molecule has 1 amide bonds. The highest BCUT2D eigenvalue weighted by Gasteiger charge is 2.53. The maximum absolute atomic E-state index is 12.0. The summed E-state index contributed by atoms with van der Waals surface area (Å²) >= 11 is 0. The van der Waals surface area contributed by atoms with Gasteiger partial charge in [-0.15, -0.1) is 0 Å². The van der Waals surface area contributed by atoms with Crippen LogP contribution in [0.5, 0.6) is 0 Å². The van der Waals surface area contributed by atoms with Crippen molar-refractivity contribution in [1.29, 1.82) is 0 Å². The molecule has 4 aliphatic rings. The highest BCUT2D eigenvalue weighted by Crippen LogP contribution is 2.61. The molecular weight excluding hydrogens is 288 g/mol. The Bertz CT molecular complexity index is 494. The maximum atomic E-state index is 12.0. The Morgan fingerprint density at radius 3 is 2.05 bits per heavy atom. The average molecular weight is 314 g/mol. The van der Waals surface area contributed by atoms with Crippen LogP contribution in [0.15, 0.2) is 0 Å². The summed E-state index contributed by atoms with van der Waals surface area (Å²) in [6.45, 7) is 1.95. The molecule has 0 heterocycles. The maximum Gasteiger partial charge on any atom is 0.235 e. The summed E-state index contributed by atoms with van der Waals surface area (Å²) in [5, 5.41) is 3.04. The normalized spacial score (nSPS) is 39.2. The molecule has 4 rings (SSSR count). The van der Waals surface area contributed by atoms with Crippen molar-refractivity contribution in [3.8, 4) is 0 Å². The summed E-state index contributed by atoms with van der Waals surface area (Å²) in [5.41, 5.74) is 0.259. The lowest BCUT2D eigenvalue weighted by Gasteiger charge is -2.59. The van der Waals surface area contributed by atoms with Gasteiger partial charge in [0, 0.05) is 6.04 Å². The van der Waals surface area contributed by atoms with E-state index in [1.54, 1.807) is 0 Å². The molecule has 4 bridgehead atoms. The van der Waals surface area contributed by atoms with Gasteiger partial charge in [0.15, 0.2) is 0 Å². The zero-order valence-corrected chi connectivity index (χ0v) is 13.7. The minimum Gasteiger partial charge on any atom is -0.352 e. The Kier molecular flexibility index (Phi) is 3.81. The highest BCUT2D eigenvalue weighted by molar-refractivity contribution is 7.88. The zero-order valence-electron chi connectivity index (χ0n) is 12.9. The van der Waals surface area contributed by atoms with Crippen LogP contribution in [0.3, 0.4) is 0 Å². The number of amides is 1. The van der Waals surface area contributed by atoms with Crippen molar-refractivity contribution in [3.05, 3.63) is 0 Å². The molecule has 5 nitrogen and oxygen atoms in total. The number of sulfonamides is 1. The van der Waals surface area contributed by atoms with Crippen molar-refractivity contribution in [3.63, 3.8) is 0 Å². The third-order valence-electron chi connectivity index (χ3n) is 5.88. The quantitative estimate of drug-likeness (QED) is 0.802. The van der Waals surface area contributed by atoms with Crippen LogP contribution < -0.4 is 10.0 Å². The van der Waals surface area contributed by atoms with Gasteiger partial charge in [0.25, 0.3) is 0 Å². The van der Waals surface area contributed by atoms with E-state index in [1.807, 2.05) is 0 Å². The van der Waals surface area contributed by atoms with Crippen molar-refractivity contribution < 1.29 is 13.2 Å². The van der Waals surface area contributed by atoms with E-state index in [2.05, 4.69) is 17.0 Å². The van der Waals surface area contributed by atoms with E-state index in [0.29, 0.717) is 0 Å². The Labute approximate surface area is 127 Å². The van der Waals surface area contributed by atoms with E-state index >= 15 is 0 Å². The Morgan fingerprint density at radius 1 is 1.14 bits per heavy atom. The molecule has 6 heteroatoms. The summed E-state index contributed by atoms with van der Waals surface area (Å²) in [4.78, 5) is 12.0. The van der Waals surface area contributed by atoms with Crippen LogP contribution in [0.1, 0.15) is 45.4 Å². The highest BCUT2D eigenvalue weighted by atomic mass is 32.2. The molecule has 1 unspecified atom stereocenters. The van der Waals surface area contributed by atoms with Crippen molar-refractivity contribution in [2.45, 2.75) is 51.5 Å². The second-order valence-electron chi connectivity index (χ2n) is 7.66. The van der Waals surface area contributed by atoms with E-state index < -0.39 is 10.0 Å². The summed E-state index contributed by atoms with van der Waals surface area (Å²) in [6, 6.07) is 0.139. The summed E-state index contributed by atoms with van der Waals surface area (Å²) in [5.74, 6) is 2.34. The predicted octanol–water partition coefficient (Wildman–Crippen LogP) is 1.26. The third-order valence-corrected chi connectivity index (χ3v) is 6.55. The lowest BCUT2D eigenvalue weighted by Crippen LogP contribution is -2.56. The van der Waals surface area contributed by atoms with Crippen LogP contribution in [-0.4, -0.2) is 33.2 Å². The van der Waals surface area contributed by atoms with Crippen molar-refractivity contribution in [1.82, 2.24) is 10.0 Å². The number of hydrogen-bond acceptors (Lipinski definition) is 3. The van der Waals surface area contributed by atoms with Crippen LogP contribution in [0, 0.1) is 23.2 Å². The monoisotopic (exact) mass is 314 g/mol. The van der Waals surface area contributed by atoms with E-state index in [9.17, 15) is 13.2 Å². The molecule has 0 saturated heterocycles. The molecule has 4 fully saturated rings. The van der Waals surface area contributed by atoms with Gasteiger partial charge in [-0.3, -0.25) is 4.79 Å². The largest absolute Gasteiger partial charge is 0.352 e. The van der Waals surface area contributed by atoms with Gasteiger partial charge in [-0.25, -0.2) is 13.1 Å². The van der Waals surface area contributed by atoms with Gasteiger partial charge in [0.1, 0.15) is 0 Å². The molecule has 21 heavy (non-hydrogen) atoms. The first-order valence-corrected chi connectivity index (χ1v) is 9.89. The molecule has 0 aromatic heterocycles. The lowest BCUT2D eigenvalue weighted by molar-refractivity contribution is -0.124. The van der Waals surface area contributed by atoms with Crippen molar-refractivity contribution in [2.24, 2.45) is 23.2 Å². The standard InChI is InChI=1S/C15H26N2O3S/c1-10(17-14(18)9-16-21(2,19)20)15-6-11-3-12(7-15)5-13(4-11)8-15/h10-13,16H,3-9H2,1-2H3,(H,17,18). The average Bonchev–Trinajstić information content (AvgIpc) is 2.34. The van der Waals surface area contributed by atoms with Gasteiger partial charge in [-0.1, -0.05) is 0 Å². The minimum atomic E-state index is -3.31. The third kappa shape index (κ3) is 3.26. The van der Waals surface area contributed by atoms with Crippen LogP contribution in [-0.2, 0) is 14.8 Å². The molecule has 2 N–H and O–H groups in total. The van der Waals surface area contributed by atoms with Gasteiger partial charge < -0.3 is 5.32 Å². The topological polar surface area (TPSA) is 75.3 Å². The van der Waals surface area contributed by atoms with E-state index in [-0.39, 0.29) is 23.9 Å². The fourth-order valence-electron chi connectivity index (χ4n) is 5.35. The first-order valence-electron chi connectivity index (χ1n) is 8.00. The molecule has 0 aromatic carbocycles. The summed E-state index contributed by atoms with van der Waals surface area (Å²) in [6.07, 6.45) is 8.93. The van der Waals surface area contributed by atoms with Crippen LogP contribution in [0.4, 0.5) is 0 Å². The first kappa shape index (κ1) is 15.3. The second-order valence-corrected chi connectivity index (χ2v) is 9.50. The molecular formula is C15H26N2O3S.